The molecule has 1 atom stereocenters. The maximum Gasteiger partial charge on any atom is 0.201 e. The zero-order valence-electron chi connectivity index (χ0n) is 10.1. The third-order valence-electron chi connectivity index (χ3n) is 3.33. The summed E-state index contributed by atoms with van der Waals surface area (Å²) < 4.78 is 5.13. The summed E-state index contributed by atoms with van der Waals surface area (Å²) >= 11 is 0. The van der Waals surface area contributed by atoms with E-state index in [4.69, 9.17) is 4.74 Å². The minimum atomic E-state index is -0.0467. The van der Waals surface area contributed by atoms with Crippen LogP contribution in [0.4, 0.5) is 0 Å². The largest absolute Gasteiger partial charge is 0.497 e. The molecule has 4 heteroatoms. The molecule has 1 aromatic carbocycles. The number of benzene rings is 1. The highest BCUT2D eigenvalue weighted by atomic mass is 16.5. The first-order chi connectivity index (χ1) is 8.35. The summed E-state index contributed by atoms with van der Waals surface area (Å²) in [4.78, 5) is 1.38. The van der Waals surface area contributed by atoms with Gasteiger partial charge in [-0.2, -0.15) is 5.26 Å². The molecule has 4 nitrogen and oxygen atoms in total. The van der Waals surface area contributed by atoms with E-state index in [1.165, 1.54) is 4.90 Å². The van der Waals surface area contributed by atoms with Crippen molar-refractivity contribution < 1.29 is 15.0 Å². The van der Waals surface area contributed by atoms with Gasteiger partial charge in [0.1, 0.15) is 38.0 Å². The number of ether oxygens (including phenoxy) is 1. The molecule has 1 heterocycles. The van der Waals surface area contributed by atoms with Gasteiger partial charge in [0.15, 0.2) is 0 Å². The van der Waals surface area contributed by atoms with E-state index in [-0.39, 0.29) is 6.04 Å². The third kappa shape index (κ3) is 2.76. The fraction of sp³-hybridized carbons (Fsp3) is 0.462. The number of methoxy groups -OCH3 is 1. The van der Waals surface area contributed by atoms with E-state index in [0.717, 1.165) is 37.5 Å². The van der Waals surface area contributed by atoms with Crippen LogP contribution in [0.1, 0.15) is 11.6 Å². The molecule has 1 aliphatic heterocycles. The van der Waals surface area contributed by atoms with Gasteiger partial charge in [-0.25, -0.2) is 0 Å². The molecular weight excluding hydrogens is 214 g/mol. The van der Waals surface area contributed by atoms with Crippen LogP contribution in [-0.2, 0) is 0 Å². The lowest BCUT2D eigenvalue weighted by Crippen LogP contribution is -3.20. The van der Waals surface area contributed by atoms with Gasteiger partial charge in [-0.3, -0.25) is 0 Å². The lowest BCUT2D eigenvalue weighted by Gasteiger charge is -2.26. The molecule has 0 amide bonds. The van der Waals surface area contributed by atoms with Gasteiger partial charge in [0.05, 0.1) is 7.11 Å². The second-order valence-electron chi connectivity index (χ2n) is 4.36. The molecule has 0 saturated carbocycles. The predicted molar refractivity (Wildman–Crippen MR) is 63.7 cm³/mol. The first kappa shape index (κ1) is 11.9. The Hall–Kier alpha value is -1.57. The summed E-state index contributed by atoms with van der Waals surface area (Å²) in [5.74, 6) is 0.840. The van der Waals surface area contributed by atoms with Crippen LogP contribution in [0, 0.1) is 11.3 Å². The van der Waals surface area contributed by atoms with Gasteiger partial charge in [-0.1, -0.05) is 0 Å². The number of nitrogens with zero attached hydrogens (tertiary/aromatic N) is 1. The summed E-state index contributed by atoms with van der Waals surface area (Å²) in [5, 5.41) is 11.7. The first-order valence-electron chi connectivity index (χ1n) is 6.05. The summed E-state index contributed by atoms with van der Waals surface area (Å²) in [6.07, 6.45) is 0. The molecule has 0 aliphatic carbocycles. The van der Waals surface area contributed by atoms with Crippen LogP contribution in [0.5, 0.6) is 5.75 Å². The Balaban J connectivity index is 2.13. The zero-order chi connectivity index (χ0) is 12.1. The number of piperazine rings is 1. The van der Waals surface area contributed by atoms with E-state index in [9.17, 15) is 5.26 Å². The van der Waals surface area contributed by atoms with Gasteiger partial charge in [-0.15, -0.1) is 0 Å². The Bertz CT molecular complexity index is 390. The van der Waals surface area contributed by atoms with E-state index in [1.807, 2.05) is 24.3 Å². The van der Waals surface area contributed by atoms with Crippen molar-refractivity contribution in [1.29, 1.82) is 5.26 Å². The van der Waals surface area contributed by atoms with Crippen LogP contribution in [0.3, 0.4) is 0 Å². The Kier molecular flexibility index (Phi) is 3.97. The average Bonchev–Trinajstić information content (AvgIpc) is 2.42. The quantitative estimate of drug-likeness (QED) is 0.683. The smallest absolute Gasteiger partial charge is 0.201 e. The Morgan fingerprint density at radius 2 is 1.94 bits per heavy atom. The minimum Gasteiger partial charge on any atom is -0.497 e. The van der Waals surface area contributed by atoms with Gasteiger partial charge in [0, 0.05) is 5.56 Å². The van der Waals surface area contributed by atoms with Crippen LogP contribution in [0.2, 0.25) is 0 Å². The van der Waals surface area contributed by atoms with E-state index in [1.54, 1.807) is 7.11 Å². The third-order valence-corrected chi connectivity index (χ3v) is 3.33. The topological polar surface area (TPSA) is 54.1 Å². The normalized spacial score (nSPS) is 18.4. The number of rotatable bonds is 3. The van der Waals surface area contributed by atoms with Crippen molar-refractivity contribution in [2.24, 2.45) is 0 Å². The number of nitrogens with two attached hydrogens (primary N) is 1. The minimum absolute atomic E-state index is 0.0467. The summed E-state index contributed by atoms with van der Waals surface area (Å²) in [6.45, 7) is 4.35. The standard InChI is InChI=1S/C13H17N3O/c1-17-12-4-2-11(3-5-12)13(10-14)16-8-6-15-7-9-16/h2-5,13,15H,6-9H2,1H3/p+2/t13-/m1/s1. The van der Waals surface area contributed by atoms with Crippen LogP contribution in [0.25, 0.3) is 0 Å². The Morgan fingerprint density at radius 3 is 2.47 bits per heavy atom. The van der Waals surface area contributed by atoms with Crippen LogP contribution in [0.15, 0.2) is 24.3 Å². The molecule has 0 spiro atoms. The van der Waals surface area contributed by atoms with Crippen molar-refractivity contribution in [3.8, 4) is 11.8 Å². The molecule has 1 aliphatic rings. The molecule has 17 heavy (non-hydrogen) atoms. The number of nitrogens with one attached hydrogen (secondary N) is 1. The summed E-state index contributed by atoms with van der Waals surface area (Å²) in [6, 6.07) is 10.2. The Labute approximate surface area is 102 Å². The Morgan fingerprint density at radius 1 is 1.29 bits per heavy atom. The van der Waals surface area contributed by atoms with Crippen molar-refractivity contribution in [2.45, 2.75) is 6.04 Å². The van der Waals surface area contributed by atoms with Crippen molar-refractivity contribution in [2.75, 3.05) is 33.3 Å². The maximum absolute atomic E-state index is 9.35. The van der Waals surface area contributed by atoms with E-state index >= 15 is 0 Å². The van der Waals surface area contributed by atoms with Gasteiger partial charge in [0.25, 0.3) is 0 Å². The van der Waals surface area contributed by atoms with Crippen LogP contribution in [-0.4, -0.2) is 33.3 Å². The fourth-order valence-electron chi connectivity index (χ4n) is 2.33. The van der Waals surface area contributed by atoms with E-state index in [0.29, 0.717) is 0 Å². The van der Waals surface area contributed by atoms with Crippen molar-refractivity contribution in [1.82, 2.24) is 0 Å². The van der Waals surface area contributed by atoms with Crippen molar-refractivity contribution in [3.63, 3.8) is 0 Å². The van der Waals surface area contributed by atoms with Crippen molar-refractivity contribution >= 4 is 0 Å². The molecule has 0 unspecified atom stereocenters. The molecular formula is C13H19N3O+2. The first-order valence-corrected chi connectivity index (χ1v) is 6.05. The van der Waals surface area contributed by atoms with Crippen LogP contribution < -0.4 is 15.0 Å². The van der Waals surface area contributed by atoms with Gasteiger partial charge in [0.2, 0.25) is 6.04 Å². The van der Waals surface area contributed by atoms with Crippen LogP contribution >= 0.6 is 0 Å². The molecule has 0 bridgehead atoms. The zero-order valence-corrected chi connectivity index (χ0v) is 10.1. The molecule has 0 aromatic heterocycles. The highest BCUT2D eigenvalue weighted by Crippen LogP contribution is 2.15. The molecule has 0 radical (unpaired) electrons. The summed E-state index contributed by atoms with van der Waals surface area (Å²) in [7, 11) is 1.66. The van der Waals surface area contributed by atoms with Gasteiger partial charge < -0.3 is 15.0 Å². The monoisotopic (exact) mass is 233 g/mol. The lowest BCUT2D eigenvalue weighted by molar-refractivity contribution is -0.965. The molecule has 1 aromatic rings. The second kappa shape index (κ2) is 5.67. The fourth-order valence-corrected chi connectivity index (χ4v) is 2.33. The lowest BCUT2D eigenvalue weighted by atomic mass is 10.1. The van der Waals surface area contributed by atoms with E-state index in [2.05, 4.69) is 11.4 Å². The number of quaternary nitrogens is 2. The van der Waals surface area contributed by atoms with Gasteiger partial charge >= 0.3 is 0 Å². The molecule has 3 N–H and O–H groups in total. The number of hydrogen-bond donors (Lipinski definition) is 2. The average molecular weight is 233 g/mol. The molecule has 1 saturated heterocycles. The molecule has 1 fully saturated rings. The molecule has 90 valence electrons. The highest BCUT2D eigenvalue weighted by Gasteiger charge is 2.26. The maximum atomic E-state index is 9.35. The number of nitriles is 1. The van der Waals surface area contributed by atoms with Gasteiger partial charge in [-0.05, 0) is 24.3 Å². The highest BCUT2D eigenvalue weighted by molar-refractivity contribution is 5.30. The molecule has 2 rings (SSSR count). The van der Waals surface area contributed by atoms with E-state index < -0.39 is 0 Å². The SMILES string of the molecule is COc1ccc([C@@H](C#N)[NH+]2CC[NH2+]CC2)cc1. The summed E-state index contributed by atoms with van der Waals surface area (Å²) in [5.41, 5.74) is 1.09. The van der Waals surface area contributed by atoms with Crippen molar-refractivity contribution in [3.05, 3.63) is 29.8 Å². The second-order valence-corrected chi connectivity index (χ2v) is 4.36. The number of hydrogen-bond acceptors (Lipinski definition) is 2. The predicted octanol–water partition coefficient (Wildman–Crippen LogP) is -1.28.